The minimum atomic E-state index is 0.00106. The fraction of sp³-hybridized carbons (Fsp3) is 0.0744. The summed E-state index contributed by atoms with van der Waals surface area (Å²) in [6, 6.07) is 158. The van der Waals surface area contributed by atoms with Crippen molar-refractivity contribution < 1.29 is 0 Å². The fourth-order valence-corrected chi connectivity index (χ4v) is 21.1. The van der Waals surface area contributed by atoms with Gasteiger partial charge in [0.2, 0.25) is 0 Å². The van der Waals surface area contributed by atoms with Crippen molar-refractivity contribution in [2.75, 3.05) is 0 Å². The highest BCUT2D eigenvalue weighted by atomic mass is 15.0. The molecular weight excluding hydrogens is 1500 g/mol. The van der Waals surface area contributed by atoms with Crippen molar-refractivity contribution in [3.8, 4) is 117 Å². The molecular formula is C121H89N3. The zero-order valence-corrected chi connectivity index (χ0v) is 70.3. The molecule has 0 bridgehead atoms. The van der Waals surface area contributed by atoms with Gasteiger partial charge in [0, 0.05) is 65.3 Å². The Balaban J connectivity index is 0.000000108. The smallest absolute Gasteiger partial charge is 0.0547 e. The molecule has 0 saturated heterocycles. The Morgan fingerprint density at radius 3 is 0.855 bits per heavy atom. The summed E-state index contributed by atoms with van der Waals surface area (Å²) in [4.78, 5) is 0. The molecule has 3 aliphatic carbocycles. The van der Waals surface area contributed by atoms with Gasteiger partial charge in [0.05, 0.1) is 38.8 Å². The molecule has 19 aromatic carbocycles. The Hall–Kier alpha value is -15.2. The number of fused-ring (bicyclic) bond motifs is 19. The Morgan fingerprint density at radius 2 is 0.435 bits per heavy atom. The Labute approximate surface area is 724 Å². The second-order valence-electron chi connectivity index (χ2n) is 35.5. The molecule has 0 unspecified atom stereocenters. The van der Waals surface area contributed by atoms with Crippen molar-refractivity contribution in [1.29, 1.82) is 0 Å². The lowest BCUT2D eigenvalue weighted by atomic mass is 9.82. The molecule has 3 aromatic heterocycles. The third-order valence-electron chi connectivity index (χ3n) is 27.4. The van der Waals surface area contributed by atoms with E-state index in [9.17, 15) is 0 Å². The molecule has 3 heterocycles. The fourth-order valence-electron chi connectivity index (χ4n) is 21.1. The van der Waals surface area contributed by atoms with Crippen LogP contribution in [0.1, 0.15) is 74.9 Å². The van der Waals surface area contributed by atoms with Gasteiger partial charge >= 0.3 is 0 Å². The van der Waals surface area contributed by atoms with Gasteiger partial charge in [0.1, 0.15) is 0 Å². The van der Waals surface area contributed by atoms with Gasteiger partial charge in [0.15, 0.2) is 0 Å². The second-order valence-corrected chi connectivity index (χ2v) is 35.5. The summed E-state index contributed by atoms with van der Waals surface area (Å²) in [5.41, 5.74) is 42.3. The zero-order chi connectivity index (χ0) is 83.1. The topological polar surface area (TPSA) is 14.8 Å². The number of benzene rings is 19. The van der Waals surface area contributed by atoms with E-state index in [0.29, 0.717) is 0 Å². The predicted octanol–water partition coefficient (Wildman–Crippen LogP) is 32.4. The summed E-state index contributed by atoms with van der Waals surface area (Å²) >= 11 is 0. The Bertz CT molecular complexity index is 7980. The van der Waals surface area contributed by atoms with E-state index >= 15 is 0 Å². The molecule has 0 spiro atoms. The standard InChI is InChI=1S/C45H33N.C39H29N.C37H27N/c1-45(2)41-19-11-9-17-37(41)40-28-32(22-24-42(40)45)33-21-23-39-38-18-10-12-20-43(38)46(44(39)29-33)36-26-34(30-13-5-3-6-14-30)25-35(27-36)31-15-7-4-8-16-31;1-39(2)35-14-8-6-12-31(35)34-24-28(19-23-36(34)39)29-18-22-33-32-13-7-9-15-37(32)40(38(33)25-29)30-20-16-27(17-21-30)26-10-4-3-5-11-26;1-37(2)32-15-7-5-13-28(32)31-22-25(19-21-33(31)37)26-18-20-30-29-14-6-8-16-35(29)38(36(30)23-26)34-17-9-11-24-10-3-4-12-27(24)34/h3-29H,1-2H3;3-25H,1-2H3;3-23H,1-2H3. The second kappa shape index (κ2) is 29.1. The lowest BCUT2D eigenvalue weighted by Gasteiger charge is -2.21. The van der Waals surface area contributed by atoms with Gasteiger partial charge in [-0.2, -0.15) is 0 Å². The maximum absolute atomic E-state index is 2.46. The van der Waals surface area contributed by atoms with E-state index in [-0.39, 0.29) is 16.2 Å². The maximum atomic E-state index is 2.46. The number of nitrogens with zero attached hydrogens (tertiary/aromatic N) is 3. The normalized spacial score (nSPS) is 13.4. The molecule has 0 N–H and O–H groups in total. The Kier molecular flexibility index (Phi) is 17.3. The van der Waals surface area contributed by atoms with Crippen LogP contribution in [-0.2, 0) is 16.2 Å². The largest absolute Gasteiger partial charge is 0.309 e. The van der Waals surface area contributed by atoms with E-state index in [0.717, 1.165) is 5.69 Å². The minimum absolute atomic E-state index is 0.00106. The average Bonchev–Trinajstić information content (AvgIpc) is 1.59. The summed E-state index contributed by atoms with van der Waals surface area (Å²) in [5.74, 6) is 0. The summed E-state index contributed by atoms with van der Waals surface area (Å²) in [6.07, 6.45) is 0. The third-order valence-corrected chi connectivity index (χ3v) is 27.4. The molecule has 3 nitrogen and oxygen atoms in total. The summed E-state index contributed by atoms with van der Waals surface area (Å²) in [7, 11) is 0. The first-order chi connectivity index (χ1) is 60.8. The molecule has 0 aliphatic heterocycles. The average molecular weight is 1590 g/mol. The first kappa shape index (κ1) is 73.9. The van der Waals surface area contributed by atoms with E-state index in [2.05, 4.69) is 486 Å². The van der Waals surface area contributed by atoms with Gasteiger partial charge < -0.3 is 13.7 Å². The summed E-state index contributed by atoms with van der Waals surface area (Å²) < 4.78 is 7.32. The van der Waals surface area contributed by atoms with Crippen LogP contribution in [0.15, 0.2) is 431 Å². The first-order valence-corrected chi connectivity index (χ1v) is 43.5. The van der Waals surface area contributed by atoms with E-state index in [1.165, 1.54) is 221 Å². The molecule has 3 heteroatoms. The van der Waals surface area contributed by atoms with Crippen LogP contribution >= 0.6 is 0 Å². The van der Waals surface area contributed by atoms with E-state index in [1.54, 1.807) is 0 Å². The summed E-state index contributed by atoms with van der Waals surface area (Å²) in [6.45, 7) is 14.0. The quantitative estimate of drug-likeness (QED) is 0.137. The first-order valence-electron chi connectivity index (χ1n) is 43.5. The third kappa shape index (κ3) is 12.0. The van der Waals surface area contributed by atoms with Crippen LogP contribution in [0.5, 0.6) is 0 Å². The zero-order valence-electron chi connectivity index (χ0n) is 70.3. The van der Waals surface area contributed by atoms with Crippen molar-refractivity contribution in [3.05, 3.63) is 464 Å². The number of para-hydroxylation sites is 3. The highest BCUT2D eigenvalue weighted by molar-refractivity contribution is 6.14. The van der Waals surface area contributed by atoms with Crippen LogP contribution in [0.25, 0.3) is 193 Å². The van der Waals surface area contributed by atoms with Crippen LogP contribution in [0.2, 0.25) is 0 Å². The van der Waals surface area contributed by atoms with Crippen molar-refractivity contribution in [2.24, 2.45) is 0 Å². The van der Waals surface area contributed by atoms with E-state index in [1.807, 2.05) is 0 Å². The van der Waals surface area contributed by atoms with Crippen molar-refractivity contribution in [2.45, 2.75) is 57.8 Å². The minimum Gasteiger partial charge on any atom is -0.309 e. The molecule has 25 rings (SSSR count). The van der Waals surface area contributed by atoms with Crippen LogP contribution in [-0.4, -0.2) is 13.7 Å². The molecule has 0 amide bonds. The lowest BCUT2D eigenvalue weighted by molar-refractivity contribution is 0.660. The predicted molar refractivity (Wildman–Crippen MR) is 525 cm³/mol. The molecule has 0 fully saturated rings. The van der Waals surface area contributed by atoms with Crippen LogP contribution < -0.4 is 0 Å². The molecule has 3 aliphatic rings. The van der Waals surface area contributed by atoms with Gasteiger partial charge in [-0.3, -0.25) is 0 Å². The van der Waals surface area contributed by atoms with Gasteiger partial charge in [0.25, 0.3) is 0 Å². The van der Waals surface area contributed by atoms with Crippen molar-refractivity contribution in [1.82, 2.24) is 13.7 Å². The van der Waals surface area contributed by atoms with Crippen molar-refractivity contribution in [3.63, 3.8) is 0 Å². The van der Waals surface area contributed by atoms with Crippen LogP contribution in [0.4, 0.5) is 0 Å². The molecule has 22 aromatic rings. The maximum Gasteiger partial charge on any atom is 0.0547 e. The van der Waals surface area contributed by atoms with Gasteiger partial charge in [-0.25, -0.2) is 0 Å². The van der Waals surface area contributed by atoms with E-state index < -0.39 is 0 Å². The molecule has 0 radical (unpaired) electrons. The van der Waals surface area contributed by atoms with Crippen molar-refractivity contribution >= 4 is 76.2 Å². The molecule has 0 saturated carbocycles. The van der Waals surface area contributed by atoms with Gasteiger partial charge in [-0.05, 0) is 230 Å². The summed E-state index contributed by atoms with van der Waals surface area (Å²) in [5, 5.41) is 10.2. The number of aromatic nitrogens is 3. The molecule has 0 atom stereocenters. The number of hydrogen-bond donors (Lipinski definition) is 0. The Morgan fingerprint density at radius 1 is 0.153 bits per heavy atom. The van der Waals surface area contributed by atoms with Crippen LogP contribution in [0.3, 0.4) is 0 Å². The SMILES string of the molecule is CC1(C)c2ccccc2-c2cc(-c3ccc4c5ccccc5n(-c5cc(-c6ccccc6)cc(-c6ccccc6)c5)c4c3)ccc21.CC1(C)c2ccccc2-c2cc(-c3ccc4c5ccccc5n(-c5ccc(-c6ccccc6)cc5)c4c3)ccc21.CC1(C)c2ccccc2-c2cc(-c3ccc4c5ccccc5n(-c5cccc6ccccc56)c4c3)ccc21. The van der Waals surface area contributed by atoms with Gasteiger partial charge in [-0.15, -0.1) is 0 Å². The molecule has 124 heavy (non-hydrogen) atoms. The monoisotopic (exact) mass is 1580 g/mol. The molecule has 588 valence electrons. The van der Waals surface area contributed by atoms with Crippen LogP contribution in [0, 0.1) is 0 Å². The highest BCUT2D eigenvalue weighted by Gasteiger charge is 2.38. The van der Waals surface area contributed by atoms with E-state index in [4.69, 9.17) is 0 Å². The van der Waals surface area contributed by atoms with Gasteiger partial charge in [-0.1, -0.05) is 381 Å². The number of hydrogen-bond acceptors (Lipinski definition) is 0. The lowest BCUT2D eigenvalue weighted by Crippen LogP contribution is -2.14. The number of rotatable bonds is 9. The highest BCUT2D eigenvalue weighted by Crippen LogP contribution is 2.54.